The number of carbonyl (C=O) groups is 2. The van der Waals surface area contributed by atoms with Crippen LogP contribution in [0.5, 0.6) is 0 Å². The normalized spacial score (nSPS) is 10.4. The summed E-state index contributed by atoms with van der Waals surface area (Å²) in [6, 6.07) is 10.2. The van der Waals surface area contributed by atoms with E-state index in [-0.39, 0.29) is 18.2 Å². The van der Waals surface area contributed by atoms with E-state index < -0.39 is 5.91 Å². The third-order valence-corrected chi connectivity index (χ3v) is 3.33. The summed E-state index contributed by atoms with van der Waals surface area (Å²) in [4.78, 5) is 27.9. The van der Waals surface area contributed by atoms with E-state index in [1.165, 1.54) is 12.3 Å². The van der Waals surface area contributed by atoms with Crippen molar-refractivity contribution < 1.29 is 18.5 Å². The van der Waals surface area contributed by atoms with Crippen LogP contribution in [0.2, 0.25) is 0 Å². The lowest BCUT2D eigenvalue weighted by atomic mass is 10.2. The predicted molar refractivity (Wildman–Crippen MR) is 88.8 cm³/mol. The Hall–Kier alpha value is -3.42. The van der Waals surface area contributed by atoms with E-state index in [1.54, 1.807) is 24.3 Å². The highest BCUT2D eigenvalue weighted by Crippen LogP contribution is 2.20. The van der Waals surface area contributed by atoms with Crippen LogP contribution in [0.25, 0.3) is 11.4 Å². The van der Waals surface area contributed by atoms with E-state index in [4.69, 9.17) is 8.94 Å². The Bertz CT molecular complexity index is 870. The molecule has 0 aliphatic heterocycles. The lowest BCUT2D eigenvalue weighted by Crippen LogP contribution is -2.32. The van der Waals surface area contributed by atoms with Gasteiger partial charge < -0.3 is 19.6 Å². The second-order valence-corrected chi connectivity index (χ2v) is 5.15. The predicted octanol–water partition coefficient (Wildman–Crippen LogP) is 2.26. The molecule has 3 rings (SSSR count). The average Bonchev–Trinajstić information content (AvgIpc) is 3.31. The molecule has 0 unspecified atom stereocenters. The smallest absolute Gasteiger partial charge is 0.287 e. The molecule has 0 radical (unpaired) electrons. The van der Waals surface area contributed by atoms with E-state index in [1.807, 2.05) is 13.0 Å². The molecule has 128 valence electrons. The molecule has 2 aromatic heterocycles. The fourth-order valence-electron chi connectivity index (χ4n) is 2.11. The molecule has 2 N–H and O–H groups in total. The molecule has 3 aromatic rings. The van der Waals surface area contributed by atoms with Gasteiger partial charge >= 0.3 is 0 Å². The van der Waals surface area contributed by atoms with Gasteiger partial charge in [-0.1, -0.05) is 24.2 Å². The molecule has 0 aliphatic carbocycles. The molecule has 25 heavy (non-hydrogen) atoms. The first-order chi connectivity index (χ1) is 12.2. The fraction of sp³-hybridized carbons (Fsp3) is 0.176. The van der Waals surface area contributed by atoms with Crippen molar-refractivity contribution >= 4 is 17.5 Å². The van der Waals surface area contributed by atoms with E-state index in [0.29, 0.717) is 23.8 Å². The van der Waals surface area contributed by atoms with Gasteiger partial charge in [-0.3, -0.25) is 9.59 Å². The first kappa shape index (κ1) is 16.4. The number of benzene rings is 1. The zero-order valence-corrected chi connectivity index (χ0v) is 13.5. The molecule has 0 aliphatic rings. The minimum absolute atomic E-state index is 0.152. The van der Waals surface area contributed by atoms with Crippen molar-refractivity contribution in [1.29, 1.82) is 0 Å². The maximum Gasteiger partial charge on any atom is 0.287 e. The number of aromatic nitrogens is 2. The van der Waals surface area contributed by atoms with Crippen molar-refractivity contribution in [2.45, 2.75) is 13.3 Å². The van der Waals surface area contributed by atoms with Gasteiger partial charge in [0.2, 0.25) is 17.6 Å². The average molecular weight is 340 g/mol. The van der Waals surface area contributed by atoms with Crippen LogP contribution in [0, 0.1) is 0 Å². The third kappa shape index (κ3) is 4.11. The molecule has 0 bridgehead atoms. The van der Waals surface area contributed by atoms with Crippen LogP contribution in [0.1, 0.15) is 23.4 Å². The van der Waals surface area contributed by atoms with Crippen molar-refractivity contribution in [3.8, 4) is 11.4 Å². The maximum absolute atomic E-state index is 12.0. The second-order valence-electron chi connectivity index (χ2n) is 5.15. The topological polar surface area (TPSA) is 110 Å². The van der Waals surface area contributed by atoms with E-state index in [9.17, 15) is 9.59 Å². The molecule has 2 amide bonds. The number of furan rings is 1. The Balaban J connectivity index is 1.59. The van der Waals surface area contributed by atoms with Crippen LogP contribution in [0.3, 0.4) is 0 Å². The second kappa shape index (κ2) is 7.43. The molecule has 8 nitrogen and oxygen atoms in total. The Morgan fingerprint density at radius 3 is 2.80 bits per heavy atom. The van der Waals surface area contributed by atoms with Crippen LogP contribution in [-0.4, -0.2) is 28.5 Å². The minimum atomic E-state index is -0.451. The van der Waals surface area contributed by atoms with Crippen molar-refractivity contribution in [1.82, 2.24) is 15.5 Å². The summed E-state index contributed by atoms with van der Waals surface area (Å²) in [7, 11) is 0. The lowest BCUT2D eigenvalue weighted by molar-refractivity contribution is -0.115. The number of anilines is 1. The number of nitrogens with one attached hydrogen (secondary N) is 2. The summed E-state index contributed by atoms with van der Waals surface area (Å²) in [5.74, 6) is 0.343. The Labute approximate surface area is 143 Å². The van der Waals surface area contributed by atoms with Crippen molar-refractivity contribution in [2.24, 2.45) is 0 Å². The lowest BCUT2D eigenvalue weighted by Gasteiger charge is -2.07. The maximum atomic E-state index is 12.0. The Kier molecular flexibility index (Phi) is 4.89. The van der Waals surface area contributed by atoms with Gasteiger partial charge in [-0.25, -0.2) is 0 Å². The van der Waals surface area contributed by atoms with Gasteiger partial charge in [0.05, 0.1) is 12.8 Å². The molecule has 0 saturated heterocycles. The van der Waals surface area contributed by atoms with Gasteiger partial charge in [-0.15, -0.1) is 0 Å². The highest BCUT2D eigenvalue weighted by molar-refractivity contribution is 5.98. The summed E-state index contributed by atoms with van der Waals surface area (Å²) in [6.07, 6.45) is 2.04. The summed E-state index contributed by atoms with van der Waals surface area (Å²) in [6.45, 7) is 1.75. The van der Waals surface area contributed by atoms with Gasteiger partial charge in [-0.05, 0) is 24.3 Å². The number of amides is 2. The van der Waals surface area contributed by atoms with E-state index >= 15 is 0 Å². The number of carbonyl (C=O) groups excluding carboxylic acids is 2. The minimum Gasteiger partial charge on any atom is -0.459 e. The van der Waals surface area contributed by atoms with E-state index in [0.717, 1.165) is 5.56 Å². The number of rotatable bonds is 6. The van der Waals surface area contributed by atoms with Crippen molar-refractivity contribution in [2.75, 3.05) is 11.9 Å². The first-order valence-electron chi connectivity index (χ1n) is 7.70. The van der Waals surface area contributed by atoms with Crippen LogP contribution < -0.4 is 10.6 Å². The van der Waals surface area contributed by atoms with Crippen molar-refractivity contribution in [3.63, 3.8) is 0 Å². The fourth-order valence-corrected chi connectivity index (χ4v) is 2.11. The zero-order chi connectivity index (χ0) is 17.6. The molecule has 8 heteroatoms. The number of hydrogen-bond donors (Lipinski definition) is 2. The SMILES string of the molecule is CCc1nc(-c2cccc(NC(=O)CNC(=O)c3ccco3)c2)no1. The summed E-state index contributed by atoms with van der Waals surface area (Å²) >= 11 is 0. The van der Waals surface area contributed by atoms with Gasteiger partial charge in [0.25, 0.3) is 5.91 Å². The molecular weight excluding hydrogens is 324 g/mol. The standard InChI is InChI=1S/C17H16N4O4/c1-2-15-20-16(21-25-15)11-5-3-6-12(9-11)19-14(22)10-18-17(23)13-7-4-8-24-13/h3-9H,2,10H2,1H3,(H,18,23)(H,19,22). The molecule has 0 atom stereocenters. The molecule has 2 heterocycles. The van der Waals surface area contributed by atoms with Crippen molar-refractivity contribution in [3.05, 3.63) is 54.3 Å². The molecule has 0 spiro atoms. The van der Waals surface area contributed by atoms with E-state index in [2.05, 4.69) is 20.8 Å². The Morgan fingerprint density at radius 1 is 1.20 bits per heavy atom. The molecule has 0 saturated carbocycles. The molecule has 0 fully saturated rings. The molecule has 1 aromatic carbocycles. The number of hydrogen-bond acceptors (Lipinski definition) is 6. The summed E-state index contributed by atoms with van der Waals surface area (Å²) in [5, 5.41) is 9.08. The van der Waals surface area contributed by atoms with Crippen LogP contribution in [0.15, 0.2) is 51.6 Å². The number of aryl methyl sites for hydroxylation is 1. The monoisotopic (exact) mass is 340 g/mol. The largest absolute Gasteiger partial charge is 0.459 e. The Morgan fingerprint density at radius 2 is 2.08 bits per heavy atom. The third-order valence-electron chi connectivity index (χ3n) is 3.33. The van der Waals surface area contributed by atoms with Crippen LogP contribution in [-0.2, 0) is 11.2 Å². The van der Waals surface area contributed by atoms with Crippen LogP contribution in [0.4, 0.5) is 5.69 Å². The highest BCUT2D eigenvalue weighted by atomic mass is 16.5. The zero-order valence-electron chi connectivity index (χ0n) is 13.5. The molecular formula is C17H16N4O4. The summed E-state index contributed by atoms with van der Waals surface area (Å²) < 4.78 is 10.0. The van der Waals surface area contributed by atoms with Gasteiger partial charge in [0.1, 0.15) is 0 Å². The highest BCUT2D eigenvalue weighted by Gasteiger charge is 2.11. The van der Waals surface area contributed by atoms with Gasteiger partial charge in [0, 0.05) is 17.7 Å². The quantitative estimate of drug-likeness (QED) is 0.712. The first-order valence-corrected chi connectivity index (χ1v) is 7.70. The van der Waals surface area contributed by atoms with Gasteiger partial charge in [0.15, 0.2) is 5.76 Å². The summed E-state index contributed by atoms with van der Waals surface area (Å²) in [5.41, 5.74) is 1.29. The number of nitrogens with zero attached hydrogens (tertiary/aromatic N) is 2. The van der Waals surface area contributed by atoms with Crippen LogP contribution >= 0.6 is 0 Å². The van der Waals surface area contributed by atoms with Gasteiger partial charge in [-0.2, -0.15) is 4.98 Å².